The minimum atomic E-state index is 0.633. The molecule has 1 heterocycles. The zero-order chi connectivity index (χ0) is 13.8. The van der Waals surface area contributed by atoms with Crippen LogP contribution in [0.5, 0.6) is 5.75 Å². The molecule has 2 heteroatoms. The Hall–Kier alpha value is -1.80. The summed E-state index contributed by atoms with van der Waals surface area (Å²) < 4.78 is 5.32. The average molecular weight is 267 g/mol. The van der Waals surface area contributed by atoms with E-state index in [1.807, 2.05) is 6.07 Å². The van der Waals surface area contributed by atoms with Crippen LogP contribution in [0.15, 0.2) is 54.6 Å². The van der Waals surface area contributed by atoms with E-state index in [2.05, 4.69) is 53.4 Å². The van der Waals surface area contributed by atoms with Crippen LogP contribution >= 0.6 is 0 Å². The quantitative estimate of drug-likeness (QED) is 0.837. The topological polar surface area (TPSA) is 12.5 Å². The van der Waals surface area contributed by atoms with E-state index in [9.17, 15) is 0 Å². The van der Waals surface area contributed by atoms with Gasteiger partial charge in [-0.15, -0.1) is 0 Å². The highest BCUT2D eigenvalue weighted by atomic mass is 16.5. The van der Waals surface area contributed by atoms with Crippen molar-refractivity contribution < 1.29 is 4.74 Å². The van der Waals surface area contributed by atoms with E-state index in [0.717, 1.165) is 18.8 Å². The molecule has 104 valence electrons. The maximum atomic E-state index is 5.32. The van der Waals surface area contributed by atoms with Crippen LogP contribution in [-0.2, 0) is 6.54 Å². The summed E-state index contributed by atoms with van der Waals surface area (Å²) in [7, 11) is 1.73. The van der Waals surface area contributed by atoms with Gasteiger partial charge < -0.3 is 4.74 Å². The summed E-state index contributed by atoms with van der Waals surface area (Å²) in [4.78, 5) is 2.54. The Bertz CT molecular complexity index is 552. The van der Waals surface area contributed by atoms with Crippen LogP contribution in [0.1, 0.15) is 23.5 Å². The fourth-order valence-corrected chi connectivity index (χ4v) is 2.99. The first-order chi connectivity index (χ1) is 9.85. The van der Waals surface area contributed by atoms with E-state index in [1.54, 1.807) is 7.11 Å². The Labute approximate surface area is 121 Å². The fourth-order valence-electron chi connectivity index (χ4n) is 2.99. The van der Waals surface area contributed by atoms with E-state index in [4.69, 9.17) is 4.74 Å². The summed E-state index contributed by atoms with van der Waals surface area (Å²) in [6, 6.07) is 19.2. The summed E-state index contributed by atoms with van der Waals surface area (Å²) in [6.07, 6.45) is 1.24. The molecule has 0 spiro atoms. The molecule has 1 aliphatic heterocycles. The minimum absolute atomic E-state index is 0.633. The Morgan fingerprint density at radius 3 is 2.75 bits per heavy atom. The smallest absolute Gasteiger partial charge is 0.119 e. The van der Waals surface area contributed by atoms with Gasteiger partial charge in [-0.1, -0.05) is 42.5 Å². The molecule has 1 atom stereocenters. The van der Waals surface area contributed by atoms with Crippen molar-refractivity contribution in [3.05, 3.63) is 65.7 Å². The third kappa shape index (κ3) is 3.02. The molecule has 0 aliphatic carbocycles. The zero-order valence-electron chi connectivity index (χ0n) is 12.0. The normalized spacial score (nSPS) is 19.1. The van der Waals surface area contributed by atoms with Crippen molar-refractivity contribution in [2.75, 3.05) is 20.2 Å². The molecule has 1 fully saturated rings. The van der Waals surface area contributed by atoms with Gasteiger partial charge in [0, 0.05) is 13.1 Å². The van der Waals surface area contributed by atoms with E-state index in [0.29, 0.717) is 5.92 Å². The molecule has 20 heavy (non-hydrogen) atoms. The lowest BCUT2D eigenvalue weighted by molar-refractivity contribution is 0.327. The van der Waals surface area contributed by atoms with Gasteiger partial charge in [0.1, 0.15) is 5.75 Å². The predicted molar refractivity (Wildman–Crippen MR) is 82.1 cm³/mol. The van der Waals surface area contributed by atoms with Crippen molar-refractivity contribution in [2.45, 2.75) is 18.9 Å². The van der Waals surface area contributed by atoms with E-state index in [1.165, 1.54) is 24.1 Å². The van der Waals surface area contributed by atoms with Crippen LogP contribution in [0.2, 0.25) is 0 Å². The molecule has 0 amide bonds. The van der Waals surface area contributed by atoms with E-state index < -0.39 is 0 Å². The Balaban J connectivity index is 1.64. The Kier molecular flexibility index (Phi) is 4.03. The summed E-state index contributed by atoms with van der Waals surface area (Å²) in [6.45, 7) is 3.38. The van der Waals surface area contributed by atoms with Gasteiger partial charge in [0.15, 0.2) is 0 Å². The number of benzene rings is 2. The summed E-state index contributed by atoms with van der Waals surface area (Å²) >= 11 is 0. The molecule has 2 nitrogen and oxygen atoms in total. The first-order valence-corrected chi connectivity index (χ1v) is 7.25. The second-order valence-corrected chi connectivity index (χ2v) is 5.48. The molecule has 0 saturated carbocycles. The number of nitrogens with zero attached hydrogens (tertiary/aromatic N) is 1. The largest absolute Gasteiger partial charge is 0.497 e. The highest BCUT2D eigenvalue weighted by Gasteiger charge is 2.23. The number of hydrogen-bond acceptors (Lipinski definition) is 2. The highest BCUT2D eigenvalue weighted by molar-refractivity contribution is 5.31. The maximum Gasteiger partial charge on any atom is 0.119 e. The van der Waals surface area contributed by atoms with Crippen LogP contribution in [-0.4, -0.2) is 25.1 Å². The van der Waals surface area contributed by atoms with Crippen molar-refractivity contribution >= 4 is 0 Å². The van der Waals surface area contributed by atoms with Gasteiger partial charge in [0.25, 0.3) is 0 Å². The van der Waals surface area contributed by atoms with Gasteiger partial charge in [-0.25, -0.2) is 0 Å². The Morgan fingerprint density at radius 2 is 1.95 bits per heavy atom. The Morgan fingerprint density at radius 1 is 1.10 bits per heavy atom. The van der Waals surface area contributed by atoms with Gasteiger partial charge in [-0.2, -0.15) is 0 Å². The minimum Gasteiger partial charge on any atom is -0.497 e. The van der Waals surface area contributed by atoms with E-state index in [-0.39, 0.29) is 0 Å². The van der Waals surface area contributed by atoms with Crippen molar-refractivity contribution in [1.82, 2.24) is 4.90 Å². The lowest BCUT2D eigenvalue weighted by atomic mass is 9.98. The molecule has 0 bridgehead atoms. The van der Waals surface area contributed by atoms with Crippen LogP contribution in [0.3, 0.4) is 0 Å². The lowest BCUT2D eigenvalue weighted by Gasteiger charge is -2.16. The first kappa shape index (κ1) is 13.2. The van der Waals surface area contributed by atoms with Gasteiger partial charge in [0.2, 0.25) is 0 Å². The SMILES string of the molecule is COc1cccc([C@@H]2CCN(Cc3ccccc3)C2)c1. The first-order valence-electron chi connectivity index (χ1n) is 7.25. The standard InChI is InChI=1S/C18H21NO/c1-20-18-9-5-8-16(12-18)17-10-11-19(14-17)13-15-6-3-2-4-7-15/h2-9,12,17H,10-11,13-14H2,1H3/t17-/m1/s1. The second-order valence-electron chi connectivity index (χ2n) is 5.48. The van der Waals surface area contributed by atoms with Crippen LogP contribution in [0.4, 0.5) is 0 Å². The monoisotopic (exact) mass is 267 g/mol. The van der Waals surface area contributed by atoms with Crippen molar-refractivity contribution in [1.29, 1.82) is 0 Å². The van der Waals surface area contributed by atoms with E-state index >= 15 is 0 Å². The van der Waals surface area contributed by atoms with Crippen LogP contribution < -0.4 is 4.74 Å². The fraction of sp³-hybridized carbons (Fsp3) is 0.333. The lowest BCUT2D eigenvalue weighted by Crippen LogP contribution is -2.19. The molecular weight excluding hydrogens is 246 g/mol. The maximum absolute atomic E-state index is 5.32. The predicted octanol–water partition coefficient (Wildman–Crippen LogP) is 3.68. The van der Waals surface area contributed by atoms with Crippen molar-refractivity contribution in [3.8, 4) is 5.75 Å². The summed E-state index contributed by atoms with van der Waals surface area (Å²) in [5.41, 5.74) is 2.80. The third-order valence-electron chi connectivity index (χ3n) is 4.09. The summed E-state index contributed by atoms with van der Waals surface area (Å²) in [5, 5.41) is 0. The number of hydrogen-bond donors (Lipinski definition) is 0. The number of likely N-dealkylation sites (tertiary alicyclic amines) is 1. The molecule has 2 aromatic rings. The van der Waals surface area contributed by atoms with Gasteiger partial charge in [-0.3, -0.25) is 4.90 Å². The zero-order valence-corrected chi connectivity index (χ0v) is 12.0. The molecule has 0 radical (unpaired) electrons. The third-order valence-corrected chi connectivity index (χ3v) is 4.09. The number of ether oxygens (including phenoxy) is 1. The summed E-state index contributed by atoms with van der Waals surface area (Å²) in [5.74, 6) is 1.60. The number of rotatable bonds is 4. The molecular formula is C18H21NO. The molecule has 0 unspecified atom stereocenters. The van der Waals surface area contributed by atoms with Gasteiger partial charge in [-0.05, 0) is 42.1 Å². The van der Waals surface area contributed by atoms with Crippen molar-refractivity contribution in [3.63, 3.8) is 0 Å². The number of methoxy groups -OCH3 is 1. The molecule has 1 saturated heterocycles. The molecule has 0 N–H and O–H groups in total. The molecule has 0 aromatic heterocycles. The highest BCUT2D eigenvalue weighted by Crippen LogP contribution is 2.30. The van der Waals surface area contributed by atoms with Crippen LogP contribution in [0.25, 0.3) is 0 Å². The molecule has 1 aliphatic rings. The van der Waals surface area contributed by atoms with Crippen molar-refractivity contribution in [2.24, 2.45) is 0 Å². The van der Waals surface area contributed by atoms with Crippen LogP contribution in [0, 0.1) is 0 Å². The van der Waals surface area contributed by atoms with Gasteiger partial charge in [0.05, 0.1) is 7.11 Å². The average Bonchev–Trinajstić information content (AvgIpc) is 2.97. The molecule has 2 aromatic carbocycles. The second kappa shape index (κ2) is 6.10. The molecule has 3 rings (SSSR count). The van der Waals surface area contributed by atoms with Gasteiger partial charge >= 0.3 is 0 Å².